The molecule has 1 atom stereocenters. The van der Waals surface area contributed by atoms with Gasteiger partial charge >= 0.3 is 0 Å². The third-order valence-corrected chi connectivity index (χ3v) is 6.69. The van der Waals surface area contributed by atoms with Crippen molar-refractivity contribution in [3.63, 3.8) is 0 Å². The molecule has 158 valence electrons. The summed E-state index contributed by atoms with van der Waals surface area (Å²) in [5.41, 5.74) is 2.68. The molecule has 1 aromatic heterocycles. The van der Waals surface area contributed by atoms with E-state index < -0.39 is 17.7 Å². The highest BCUT2D eigenvalue weighted by Gasteiger charge is 2.48. The highest BCUT2D eigenvalue weighted by molar-refractivity contribution is 7.10. The lowest BCUT2D eigenvalue weighted by molar-refractivity contribution is -0.132. The molecule has 0 spiro atoms. The fourth-order valence-electron chi connectivity index (χ4n) is 3.84. The second-order valence-electron chi connectivity index (χ2n) is 7.27. The maximum atomic E-state index is 13.2. The summed E-state index contributed by atoms with van der Waals surface area (Å²) in [4.78, 5) is 28.7. The van der Waals surface area contributed by atoms with Crippen LogP contribution in [0.5, 0.6) is 5.75 Å². The second-order valence-corrected chi connectivity index (χ2v) is 8.65. The van der Waals surface area contributed by atoms with Crippen LogP contribution in [-0.2, 0) is 9.59 Å². The number of thiophene rings is 1. The fourth-order valence-corrected chi connectivity index (χ4v) is 5.03. The molecule has 1 aliphatic rings. The lowest BCUT2D eigenvalue weighted by Crippen LogP contribution is -2.30. The zero-order valence-corrected chi connectivity index (χ0v) is 18.8. The summed E-state index contributed by atoms with van der Waals surface area (Å²) in [5, 5.41) is 13.6. The van der Waals surface area contributed by atoms with Crippen LogP contribution in [0.15, 0.2) is 59.5 Å². The maximum absolute atomic E-state index is 13.2. The topological polar surface area (TPSA) is 66.8 Å². The van der Waals surface area contributed by atoms with Gasteiger partial charge in [0.05, 0.1) is 18.2 Å². The summed E-state index contributed by atoms with van der Waals surface area (Å²) >= 11 is 7.58. The normalized spacial score (nSPS) is 17.9. The van der Waals surface area contributed by atoms with E-state index in [0.29, 0.717) is 16.5 Å². The number of aryl methyl sites for hydroxylation is 2. The average molecular weight is 454 g/mol. The number of para-hydroxylation sites is 1. The van der Waals surface area contributed by atoms with Gasteiger partial charge in [0.1, 0.15) is 17.6 Å². The number of ketones is 1. The number of aliphatic hydroxyl groups is 1. The van der Waals surface area contributed by atoms with E-state index in [0.717, 1.165) is 16.0 Å². The van der Waals surface area contributed by atoms with E-state index in [1.807, 2.05) is 43.5 Å². The third-order valence-electron chi connectivity index (χ3n) is 5.39. The van der Waals surface area contributed by atoms with Gasteiger partial charge in [0.15, 0.2) is 0 Å². The number of anilines is 1. The fraction of sp³-hybridized carbons (Fsp3) is 0.167. The first-order valence-corrected chi connectivity index (χ1v) is 10.9. The molecule has 0 radical (unpaired) electrons. The van der Waals surface area contributed by atoms with Crippen molar-refractivity contribution in [2.45, 2.75) is 19.9 Å². The van der Waals surface area contributed by atoms with Gasteiger partial charge in [-0.05, 0) is 60.7 Å². The number of methoxy groups -OCH3 is 1. The van der Waals surface area contributed by atoms with Crippen LogP contribution in [0.1, 0.15) is 27.6 Å². The molecule has 1 unspecified atom stereocenters. The minimum Gasteiger partial charge on any atom is -0.507 e. The zero-order chi connectivity index (χ0) is 22.3. The van der Waals surface area contributed by atoms with Gasteiger partial charge in [-0.1, -0.05) is 29.8 Å². The Labute approximate surface area is 189 Å². The number of amides is 1. The molecule has 1 amide bonds. The molecule has 0 bridgehead atoms. The zero-order valence-electron chi connectivity index (χ0n) is 17.2. The van der Waals surface area contributed by atoms with Crippen LogP contribution in [-0.4, -0.2) is 23.9 Å². The Morgan fingerprint density at radius 1 is 1.10 bits per heavy atom. The van der Waals surface area contributed by atoms with Crippen LogP contribution in [0.4, 0.5) is 5.69 Å². The van der Waals surface area contributed by atoms with Gasteiger partial charge in [0, 0.05) is 15.6 Å². The Bertz CT molecular complexity index is 1230. The van der Waals surface area contributed by atoms with E-state index in [1.165, 1.54) is 29.4 Å². The Balaban J connectivity index is 2.01. The molecule has 31 heavy (non-hydrogen) atoms. The molecule has 0 saturated carbocycles. The van der Waals surface area contributed by atoms with Crippen molar-refractivity contribution < 1.29 is 19.4 Å². The molecule has 5 nitrogen and oxygen atoms in total. The number of hydrogen-bond acceptors (Lipinski definition) is 5. The van der Waals surface area contributed by atoms with Gasteiger partial charge < -0.3 is 9.84 Å². The minimum absolute atomic E-state index is 0.0133. The highest BCUT2D eigenvalue weighted by atomic mass is 35.5. The number of rotatable bonds is 4. The number of aliphatic hydroxyl groups excluding tert-OH is 1. The summed E-state index contributed by atoms with van der Waals surface area (Å²) in [6.07, 6.45) is 0. The summed E-state index contributed by atoms with van der Waals surface area (Å²) in [6.45, 7) is 3.80. The van der Waals surface area contributed by atoms with Gasteiger partial charge in [0.2, 0.25) is 0 Å². The van der Waals surface area contributed by atoms with E-state index in [9.17, 15) is 14.7 Å². The number of benzene rings is 2. The Hall–Kier alpha value is -3.09. The second kappa shape index (κ2) is 8.21. The highest BCUT2D eigenvalue weighted by Crippen LogP contribution is 2.46. The van der Waals surface area contributed by atoms with Crippen LogP contribution >= 0.6 is 22.9 Å². The molecule has 2 heterocycles. The van der Waals surface area contributed by atoms with E-state index in [-0.39, 0.29) is 16.9 Å². The van der Waals surface area contributed by atoms with Crippen molar-refractivity contribution >= 4 is 46.1 Å². The van der Waals surface area contributed by atoms with Crippen molar-refractivity contribution in [3.05, 3.63) is 86.1 Å². The number of hydrogen-bond donors (Lipinski definition) is 1. The first kappa shape index (κ1) is 21.2. The quantitative estimate of drug-likeness (QED) is 0.315. The Morgan fingerprint density at radius 3 is 2.48 bits per heavy atom. The van der Waals surface area contributed by atoms with Crippen molar-refractivity contribution in [1.29, 1.82) is 0 Å². The standard InChI is InChI=1S/C24H20ClNO4S/c1-13-6-4-5-7-17(13)26-20(23-14(2)10-11-31-23)19(22(28)24(26)29)21(27)16-12-15(25)8-9-18(16)30-3/h4-12,20,27H,1-3H3/b21-19+. The number of nitrogens with zero attached hydrogens (tertiary/aromatic N) is 1. The molecule has 4 rings (SSSR count). The Morgan fingerprint density at radius 2 is 1.84 bits per heavy atom. The minimum atomic E-state index is -0.759. The number of ether oxygens (including phenoxy) is 1. The lowest BCUT2D eigenvalue weighted by atomic mass is 9.97. The summed E-state index contributed by atoms with van der Waals surface area (Å²) in [6, 6.07) is 13.3. The average Bonchev–Trinajstić information content (AvgIpc) is 3.28. The van der Waals surface area contributed by atoms with Crippen LogP contribution in [0.3, 0.4) is 0 Å². The summed E-state index contributed by atoms with van der Waals surface area (Å²) in [7, 11) is 1.47. The van der Waals surface area contributed by atoms with E-state index in [2.05, 4.69) is 0 Å². The maximum Gasteiger partial charge on any atom is 0.300 e. The SMILES string of the molecule is COc1ccc(Cl)cc1/C(O)=C1\C(=O)C(=O)N(c2ccccc2C)C1c1sccc1C. The lowest BCUT2D eigenvalue weighted by Gasteiger charge is -2.26. The summed E-state index contributed by atoms with van der Waals surface area (Å²) in [5.74, 6) is -1.40. The van der Waals surface area contributed by atoms with Gasteiger partial charge in [-0.3, -0.25) is 14.5 Å². The van der Waals surface area contributed by atoms with Crippen LogP contribution < -0.4 is 9.64 Å². The molecule has 2 aromatic carbocycles. The molecule has 7 heteroatoms. The molecule has 1 N–H and O–H groups in total. The van der Waals surface area contributed by atoms with Crippen LogP contribution in [0, 0.1) is 13.8 Å². The molecule has 1 aliphatic heterocycles. The van der Waals surface area contributed by atoms with Gasteiger partial charge in [-0.25, -0.2) is 0 Å². The number of Topliss-reactive ketones (excluding diaryl/α,β-unsaturated/α-hetero) is 1. The number of carbonyl (C=O) groups excluding carboxylic acids is 2. The smallest absolute Gasteiger partial charge is 0.300 e. The predicted octanol–water partition coefficient (Wildman–Crippen LogP) is 5.65. The van der Waals surface area contributed by atoms with Gasteiger partial charge in [-0.15, -0.1) is 11.3 Å². The number of halogens is 1. The van der Waals surface area contributed by atoms with E-state index >= 15 is 0 Å². The molecular weight excluding hydrogens is 434 g/mol. The molecule has 1 saturated heterocycles. The van der Waals surface area contributed by atoms with Gasteiger partial charge in [0.25, 0.3) is 11.7 Å². The largest absolute Gasteiger partial charge is 0.507 e. The van der Waals surface area contributed by atoms with Crippen LogP contribution in [0.2, 0.25) is 5.02 Å². The monoisotopic (exact) mass is 453 g/mol. The van der Waals surface area contributed by atoms with Crippen LogP contribution in [0.25, 0.3) is 5.76 Å². The Kier molecular flexibility index (Phi) is 5.60. The van der Waals surface area contributed by atoms with Crippen molar-refractivity contribution in [2.24, 2.45) is 0 Å². The summed E-state index contributed by atoms with van der Waals surface area (Å²) < 4.78 is 5.36. The molecule has 1 fully saturated rings. The molecule has 3 aromatic rings. The molecular formula is C24H20ClNO4S. The third kappa shape index (κ3) is 3.52. The molecule has 0 aliphatic carbocycles. The first-order valence-electron chi connectivity index (χ1n) is 9.59. The predicted molar refractivity (Wildman–Crippen MR) is 123 cm³/mol. The van der Waals surface area contributed by atoms with Crippen molar-refractivity contribution in [2.75, 3.05) is 12.0 Å². The number of carbonyl (C=O) groups is 2. The first-order chi connectivity index (χ1) is 14.8. The van der Waals surface area contributed by atoms with E-state index in [1.54, 1.807) is 18.2 Å². The van der Waals surface area contributed by atoms with Crippen molar-refractivity contribution in [1.82, 2.24) is 0 Å². The van der Waals surface area contributed by atoms with Gasteiger partial charge in [-0.2, -0.15) is 0 Å². The van der Waals surface area contributed by atoms with Crippen molar-refractivity contribution in [3.8, 4) is 5.75 Å². The van der Waals surface area contributed by atoms with E-state index in [4.69, 9.17) is 16.3 Å².